The van der Waals surface area contributed by atoms with Crippen molar-refractivity contribution in [3.63, 3.8) is 0 Å². The smallest absolute Gasteiger partial charge is 0.000956 e. The van der Waals surface area contributed by atoms with Crippen LogP contribution in [0.25, 0.3) is 0 Å². The normalized spacial score (nSPS) is 19.2. The van der Waals surface area contributed by atoms with Crippen molar-refractivity contribution in [2.24, 2.45) is 11.8 Å². The zero-order valence-electron chi connectivity index (χ0n) is 13.7. The van der Waals surface area contributed by atoms with Crippen molar-refractivity contribution in [1.29, 1.82) is 0 Å². The molecule has 1 nitrogen and oxygen atoms in total. The van der Waals surface area contributed by atoms with Gasteiger partial charge in [0, 0.05) is 6.54 Å². The fourth-order valence-electron chi connectivity index (χ4n) is 3.06. The maximum absolute atomic E-state index is 2.72. The van der Waals surface area contributed by atoms with Gasteiger partial charge in [-0.15, -0.1) is 0 Å². The molecule has 0 amide bonds. The van der Waals surface area contributed by atoms with Crippen molar-refractivity contribution in [2.75, 3.05) is 19.6 Å². The third-order valence-corrected chi connectivity index (χ3v) is 4.19. The van der Waals surface area contributed by atoms with Gasteiger partial charge in [0.15, 0.2) is 0 Å². The lowest BCUT2D eigenvalue weighted by atomic mass is 9.91. The Labute approximate surface area is 116 Å². The minimum Gasteiger partial charge on any atom is -0.303 e. The van der Waals surface area contributed by atoms with Gasteiger partial charge in [0.2, 0.25) is 0 Å². The van der Waals surface area contributed by atoms with E-state index in [1.807, 2.05) is 13.8 Å². The van der Waals surface area contributed by atoms with E-state index in [9.17, 15) is 0 Å². The predicted molar refractivity (Wildman–Crippen MR) is 84.1 cm³/mol. The van der Waals surface area contributed by atoms with E-state index in [4.69, 9.17) is 0 Å². The number of piperidine rings is 1. The molecule has 1 rings (SSSR count). The van der Waals surface area contributed by atoms with E-state index in [0.717, 1.165) is 11.8 Å². The highest BCUT2D eigenvalue weighted by Crippen LogP contribution is 2.23. The molecule has 18 heavy (non-hydrogen) atoms. The van der Waals surface area contributed by atoms with E-state index in [2.05, 4.69) is 25.7 Å². The number of likely N-dealkylation sites (tertiary alicyclic amines) is 1. The molecule has 0 N–H and O–H groups in total. The molecule has 1 heteroatoms. The Hall–Kier alpha value is -0.0400. The van der Waals surface area contributed by atoms with Gasteiger partial charge in [-0.1, -0.05) is 60.3 Å². The average molecular weight is 255 g/mol. The van der Waals surface area contributed by atoms with E-state index < -0.39 is 0 Å². The van der Waals surface area contributed by atoms with E-state index in [1.165, 1.54) is 64.6 Å². The standard InChI is InChI=1S/C15H31N.C2H6/c1-4-7-14(6-3)13-16-11-9-15(8-5-2)10-12-16;1-2/h14-15H,4-13H2,1-3H3;1-2H3. The van der Waals surface area contributed by atoms with Gasteiger partial charge in [-0.25, -0.2) is 0 Å². The molecule has 0 aromatic heterocycles. The molecule has 0 aromatic carbocycles. The molecule has 1 aliphatic rings. The summed E-state index contributed by atoms with van der Waals surface area (Å²) >= 11 is 0. The second kappa shape index (κ2) is 12.0. The number of hydrogen-bond acceptors (Lipinski definition) is 1. The maximum atomic E-state index is 2.72. The molecule has 110 valence electrons. The quantitative estimate of drug-likeness (QED) is 0.592. The predicted octanol–water partition coefficient (Wildman–Crippen LogP) is 5.35. The van der Waals surface area contributed by atoms with Crippen LogP contribution in [0.2, 0.25) is 0 Å². The highest BCUT2D eigenvalue weighted by Gasteiger charge is 2.20. The molecule has 1 unspecified atom stereocenters. The van der Waals surface area contributed by atoms with Gasteiger partial charge in [0.05, 0.1) is 0 Å². The van der Waals surface area contributed by atoms with Crippen LogP contribution < -0.4 is 0 Å². The summed E-state index contributed by atoms with van der Waals surface area (Å²) in [6, 6.07) is 0. The van der Waals surface area contributed by atoms with Crippen LogP contribution in [-0.4, -0.2) is 24.5 Å². The number of nitrogens with zero attached hydrogens (tertiary/aromatic N) is 1. The Morgan fingerprint density at radius 1 is 1.00 bits per heavy atom. The number of hydrogen-bond donors (Lipinski definition) is 0. The van der Waals surface area contributed by atoms with Crippen molar-refractivity contribution in [2.45, 2.75) is 79.6 Å². The maximum Gasteiger partial charge on any atom is 0.000956 e. The van der Waals surface area contributed by atoms with Gasteiger partial charge in [0.25, 0.3) is 0 Å². The molecule has 0 spiro atoms. The van der Waals surface area contributed by atoms with Gasteiger partial charge in [-0.2, -0.15) is 0 Å². The summed E-state index contributed by atoms with van der Waals surface area (Å²) in [6.45, 7) is 15.1. The van der Waals surface area contributed by atoms with E-state index in [0.29, 0.717) is 0 Å². The van der Waals surface area contributed by atoms with Gasteiger partial charge in [-0.3, -0.25) is 0 Å². The molecule has 1 heterocycles. The number of rotatable bonds is 7. The third-order valence-electron chi connectivity index (χ3n) is 4.19. The Kier molecular flexibility index (Phi) is 12.0. The molecule has 1 atom stereocenters. The monoisotopic (exact) mass is 255 g/mol. The van der Waals surface area contributed by atoms with Crippen LogP contribution in [0, 0.1) is 11.8 Å². The molecular formula is C17H37N. The fourth-order valence-corrected chi connectivity index (χ4v) is 3.06. The van der Waals surface area contributed by atoms with Gasteiger partial charge in [-0.05, 0) is 44.2 Å². The lowest BCUT2D eigenvalue weighted by Crippen LogP contribution is -2.37. The fraction of sp³-hybridized carbons (Fsp3) is 1.00. The zero-order valence-corrected chi connectivity index (χ0v) is 13.7. The van der Waals surface area contributed by atoms with Crippen LogP contribution >= 0.6 is 0 Å². The van der Waals surface area contributed by atoms with Crippen molar-refractivity contribution in [1.82, 2.24) is 4.90 Å². The summed E-state index contributed by atoms with van der Waals surface area (Å²) in [5.74, 6) is 1.99. The van der Waals surface area contributed by atoms with E-state index in [-0.39, 0.29) is 0 Å². The first-order valence-corrected chi connectivity index (χ1v) is 8.52. The minimum atomic E-state index is 0.952. The van der Waals surface area contributed by atoms with Crippen LogP contribution in [0.3, 0.4) is 0 Å². The summed E-state index contributed by atoms with van der Waals surface area (Å²) in [5, 5.41) is 0. The van der Waals surface area contributed by atoms with Gasteiger partial charge in [0.1, 0.15) is 0 Å². The first kappa shape index (κ1) is 18.0. The van der Waals surface area contributed by atoms with Crippen LogP contribution in [0.4, 0.5) is 0 Å². The molecule has 0 bridgehead atoms. The van der Waals surface area contributed by atoms with Crippen LogP contribution in [0.15, 0.2) is 0 Å². The summed E-state index contributed by atoms with van der Waals surface area (Å²) in [6.07, 6.45) is 9.88. The summed E-state index contributed by atoms with van der Waals surface area (Å²) in [7, 11) is 0. The van der Waals surface area contributed by atoms with Crippen LogP contribution in [0.1, 0.15) is 79.6 Å². The van der Waals surface area contributed by atoms with E-state index >= 15 is 0 Å². The van der Waals surface area contributed by atoms with Crippen molar-refractivity contribution in [3.8, 4) is 0 Å². The Morgan fingerprint density at radius 3 is 2.06 bits per heavy atom. The van der Waals surface area contributed by atoms with Crippen LogP contribution in [-0.2, 0) is 0 Å². The van der Waals surface area contributed by atoms with E-state index in [1.54, 1.807) is 0 Å². The summed E-state index contributed by atoms with van der Waals surface area (Å²) in [5.41, 5.74) is 0. The Morgan fingerprint density at radius 2 is 1.61 bits per heavy atom. The average Bonchev–Trinajstić information content (AvgIpc) is 2.43. The molecule has 0 aromatic rings. The molecule has 0 saturated carbocycles. The second-order valence-corrected chi connectivity index (χ2v) is 5.60. The van der Waals surface area contributed by atoms with Crippen molar-refractivity contribution in [3.05, 3.63) is 0 Å². The molecule has 1 fully saturated rings. The topological polar surface area (TPSA) is 3.24 Å². The second-order valence-electron chi connectivity index (χ2n) is 5.60. The molecule has 0 radical (unpaired) electrons. The molecule has 1 saturated heterocycles. The summed E-state index contributed by atoms with van der Waals surface area (Å²) in [4.78, 5) is 2.72. The van der Waals surface area contributed by atoms with Gasteiger partial charge >= 0.3 is 0 Å². The molecule has 0 aliphatic carbocycles. The first-order chi connectivity index (χ1) is 8.80. The molecular weight excluding hydrogens is 218 g/mol. The molecule has 1 aliphatic heterocycles. The Bertz CT molecular complexity index is 159. The zero-order chi connectivity index (χ0) is 13.8. The lowest BCUT2D eigenvalue weighted by Gasteiger charge is -2.34. The van der Waals surface area contributed by atoms with Crippen molar-refractivity contribution < 1.29 is 0 Å². The largest absolute Gasteiger partial charge is 0.303 e. The van der Waals surface area contributed by atoms with Crippen molar-refractivity contribution >= 4 is 0 Å². The van der Waals surface area contributed by atoms with Crippen LogP contribution in [0.5, 0.6) is 0 Å². The highest BCUT2D eigenvalue weighted by atomic mass is 15.1. The lowest BCUT2D eigenvalue weighted by molar-refractivity contribution is 0.151. The first-order valence-electron chi connectivity index (χ1n) is 8.52. The third kappa shape index (κ3) is 7.41. The van der Waals surface area contributed by atoms with Gasteiger partial charge < -0.3 is 4.90 Å². The summed E-state index contributed by atoms with van der Waals surface area (Å²) < 4.78 is 0. The minimum absolute atomic E-state index is 0.952. The SMILES string of the molecule is CC.CCCC1CCN(CC(CC)CCC)CC1. The Balaban J connectivity index is 0.00000137. The highest BCUT2D eigenvalue weighted by molar-refractivity contribution is 4.74.